The monoisotopic (exact) mass is 573 g/mol. The second-order valence-electron chi connectivity index (χ2n) is 8.57. The van der Waals surface area contributed by atoms with E-state index in [0.29, 0.717) is 33.5 Å². The molecular weight excluding hydrogens is 541 g/mol. The molecule has 0 bridgehead atoms. The van der Waals surface area contributed by atoms with Crippen LogP contribution in [0.3, 0.4) is 0 Å². The van der Waals surface area contributed by atoms with Crippen molar-refractivity contribution >= 4 is 50.7 Å². The lowest BCUT2D eigenvalue weighted by atomic mass is 10.1. The second-order valence-corrected chi connectivity index (χ2v) is 11.3. The van der Waals surface area contributed by atoms with Crippen molar-refractivity contribution in [3.8, 4) is 11.5 Å². The van der Waals surface area contributed by atoms with Crippen molar-refractivity contribution < 1.29 is 27.5 Å². The molecule has 0 saturated carbocycles. The Balaban J connectivity index is 2.46. The minimum atomic E-state index is -3.89. The van der Waals surface area contributed by atoms with Gasteiger partial charge >= 0.3 is 0 Å². The summed E-state index contributed by atoms with van der Waals surface area (Å²) >= 11 is 12.2. The number of benzene rings is 2. The first-order valence-electron chi connectivity index (χ1n) is 11.6. The molecule has 0 saturated heterocycles. The number of amides is 2. The Labute approximate surface area is 228 Å². The molecule has 0 unspecified atom stereocenters. The Kier molecular flexibility index (Phi) is 10.9. The van der Waals surface area contributed by atoms with Gasteiger partial charge in [-0.15, -0.1) is 0 Å². The maximum Gasteiger partial charge on any atom is 0.244 e. The highest BCUT2D eigenvalue weighted by Crippen LogP contribution is 2.32. The lowest BCUT2D eigenvalue weighted by Crippen LogP contribution is -2.52. The van der Waals surface area contributed by atoms with Crippen molar-refractivity contribution in [1.82, 2.24) is 10.2 Å². The molecule has 204 valence electrons. The number of halogens is 2. The molecule has 0 aliphatic carbocycles. The largest absolute Gasteiger partial charge is 0.493 e. The maximum atomic E-state index is 13.6. The molecule has 0 spiro atoms. The number of ether oxygens (including phenoxy) is 2. The average molecular weight is 575 g/mol. The van der Waals surface area contributed by atoms with Gasteiger partial charge in [0.05, 0.1) is 36.2 Å². The summed E-state index contributed by atoms with van der Waals surface area (Å²) in [7, 11) is -1.01. The van der Waals surface area contributed by atoms with Gasteiger partial charge in [0.2, 0.25) is 21.8 Å². The number of sulfonamides is 1. The molecule has 0 fully saturated rings. The van der Waals surface area contributed by atoms with E-state index in [4.69, 9.17) is 32.7 Å². The molecule has 1 N–H and O–H groups in total. The van der Waals surface area contributed by atoms with E-state index < -0.39 is 28.5 Å². The van der Waals surface area contributed by atoms with Crippen molar-refractivity contribution in [3.05, 3.63) is 52.0 Å². The Morgan fingerprint density at radius 3 is 2.19 bits per heavy atom. The highest BCUT2D eigenvalue weighted by atomic mass is 35.5. The molecule has 37 heavy (non-hydrogen) atoms. The van der Waals surface area contributed by atoms with Crippen LogP contribution in [0.1, 0.15) is 32.8 Å². The third-order valence-electron chi connectivity index (χ3n) is 5.84. The molecule has 0 aliphatic rings. The molecule has 2 amide bonds. The van der Waals surface area contributed by atoms with Gasteiger partial charge in [0.15, 0.2) is 11.5 Å². The molecule has 0 aliphatic heterocycles. The van der Waals surface area contributed by atoms with Crippen LogP contribution >= 0.6 is 23.2 Å². The zero-order valence-electron chi connectivity index (χ0n) is 21.7. The number of rotatable bonds is 12. The maximum absolute atomic E-state index is 13.6. The zero-order chi connectivity index (χ0) is 27.9. The fourth-order valence-corrected chi connectivity index (χ4v) is 4.64. The van der Waals surface area contributed by atoms with E-state index in [-0.39, 0.29) is 24.2 Å². The standard InChI is InChI=1S/C25H33Cl2N3O6S/c1-7-16(2)28-25(32)17(3)29(14-18-8-10-20(26)21(27)12-18)24(31)15-30(37(6,33)34)19-9-11-22(35-4)23(13-19)36-5/h8-13,16-17H,7,14-15H2,1-6H3,(H,28,32)/t16-,17-/m0/s1. The number of hydrogen-bond donors (Lipinski definition) is 1. The molecule has 2 aromatic rings. The first kappa shape index (κ1) is 30.5. The zero-order valence-corrected chi connectivity index (χ0v) is 24.1. The Morgan fingerprint density at radius 1 is 1.00 bits per heavy atom. The van der Waals surface area contributed by atoms with E-state index in [9.17, 15) is 18.0 Å². The molecule has 9 nitrogen and oxygen atoms in total. The number of nitrogens with one attached hydrogen (secondary N) is 1. The molecule has 2 aromatic carbocycles. The summed E-state index contributed by atoms with van der Waals surface area (Å²) in [4.78, 5) is 27.9. The van der Waals surface area contributed by atoms with E-state index in [2.05, 4.69) is 5.32 Å². The van der Waals surface area contributed by atoms with Crippen LogP contribution in [-0.4, -0.2) is 64.2 Å². The van der Waals surface area contributed by atoms with Gasteiger partial charge in [-0.3, -0.25) is 13.9 Å². The summed E-state index contributed by atoms with van der Waals surface area (Å²) in [5, 5.41) is 3.52. The van der Waals surface area contributed by atoms with Crippen molar-refractivity contribution in [2.75, 3.05) is 31.3 Å². The summed E-state index contributed by atoms with van der Waals surface area (Å²) < 4.78 is 37.0. The number of nitrogens with zero attached hydrogens (tertiary/aromatic N) is 2. The van der Waals surface area contributed by atoms with Crippen LogP contribution in [0.2, 0.25) is 10.0 Å². The minimum absolute atomic E-state index is 0.00828. The quantitative estimate of drug-likeness (QED) is 0.409. The van der Waals surface area contributed by atoms with Crippen LogP contribution < -0.4 is 19.1 Å². The third kappa shape index (κ3) is 8.15. The lowest BCUT2D eigenvalue weighted by Gasteiger charge is -2.32. The Morgan fingerprint density at radius 2 is 1.65 bits per heavy atom. The Hall–Kier alpha value is -2.69. The third-order valence-corrected chi connectivity index (χ3v) is 7.72. The van der Waals surface area contributed by atoms with Crippen LogP contribution in [-0.2, 0) is 26.2 Å². The molecule has 0 aromatic heterocycles. The predicted molar refractivity (Wildman–Crippen MR) is 146 cm³/mol. The fraction of sp³-hybridized carbons (Fsp3) is 0.440. The minimum Gasteiger partial charge on any atom is -0.493 e. The average Bonchev–Trinajstić information content (AvgIpc) is 2.85. The SMILES string of the molecule is CC[C@H](C)NC(=O)[C@H](C)N(Cc1ccc(Cl)c(Cl)c1)C(=O)CN(c1ccc(OC)c(OC)c1)S(C)(=O)=O. The summed E-state index contributed by atoms with van der Waals surface area (Å²) in [5.74, 6) is -0.240. The fourth-order valence-electron chi connectivity index (χ4n) is 3.48. The van der Waals surface area contributed by atoms with E-state index in [0.717, 1.165) is 10.6 Å². The summed E-state index contributed by atoms with van der Waals surface area (Å²) in [6.07, 6.45) is 1.71. The second kappa shape index (κ2) is 13.2. The van der Waals surface area contributed by atoms with Gasteiger partial charge in [-0.2, -0.15) is 0 Å². The van der Waals surface area contributed by atoms with E-state index in [1.807, 2.05) is 13.8 Å². The summed E-state index contributed by atoms with van der Waals surface area (Å²) in [6, 6.07) is 8.42. The highest BCUT2D eigenvalue weighted by molar-refractivity contribution is 7.92. The van der Waals surface area contributed by atoms with Crippen molar-refractivity contribution in [2.45, 2.75) is 45.8 Å². The van der Waals surface area contributed by atoms with Crippen LogP contribution in [0.25, 0.3) is 0 Å². The summed E-state index contributed by atoms with van der Waals surface area (Å²) in [5.41, 5.74) is 0.836. The van der Waals surface area contributed by atoms with E-state index in [1.54, 1.807) is 31.2 Å². The van der Waals surface area contributed by atoms with Crippen LogP contribution in [0.4, 0.5) is 5.69 Å². The molecule has 2 rings (SSSR count). The molecule has 0 heterocycles. The highest BCUT2D eigenvalue weighted by Gasteiger charge is 2.31. The smallest absolute Gasteiger partial charge is 0.244 e. The van der Waals surface area contributed by atoms with E-state index >= 15 is 0 Å². The van der Waals surface area contributed by atoms with Crippen LogP contribution in [0.5, 0.6) is 11.5 Å². The molecular formula is C25H33Cl2N3O6S. The Bertz CT molecular complexity index is 1220. The van der Waals surface area contributed by atoms with Gasteiger partial charge in [-0.25, -0.2) is 8.42 Å². The van der Waals surface area contributed by atoms with Gasteiger partial charge in [0, 0.05) is 18.7 Å². The molecule has 12 heteroatoms. The van der Waals surface area contributed by atoms with E-state index in [1.165, 1.54) is 31.3 Å². The van der Waals surface area contributed by atoms with Gasteiger partial charge in [0.1, 0.15) is 12.6 Å². The summed E-state index contributed by atoms with van der Waals surface area (Å²) in [6.45, 7) is 4.85. The van der Waals surface area contributed by atoms with Crippen molar-refractivity contribution in [3.63, 3.8) is 0 Å². The number of anilines is 1. The van der Waals surface area contributed by atoms with Crippen molar-refractivity contribution in [1.29, 1.82) is 0 Å². The predicted octanol–water partition coefficient (Wildman–Crippen LogP) is 4.11. The van der Waals surface area contributed by atoms with Gasteiger partial charge < -0.3 is 19.7 Å². The lowest BCUT2D eigenvalue weighted by molar-refractivity contribution is -0.139. The van der Waals surface area contributed by atoms with Crippen LogP contribution in [0.15, 0.2) is 36.4 Å². The number of carbonyl (C=O) groups is 2. The molecule has 0 radical (unpaired) electrons. The van der Waals surface area contributed by atoms with Gasteiger partial charge in [0.25, 0.3) is 0 Å². The molecule has 2 atom stereocenters. The van der Waals surface area contributed by atoms with Crippen molar-refractivity contribution in [2.24, 2.45) is 0 Å². The first-order valence-corrected chi connectivity index (χ1v) is 14.2. The number of methoxy groups -OCH3 is 2. The number of hydrogen-bond acceptors (Lipinski definition) is 6. The van der Waals surface area contributed by atoms with Gasteiger partial charge in [-0.1, -0.05) is 36.2 Å². The topological polar surface area (TPSA) is 105 Å². The first-order chi connectivity index (χ1) is 17.3. The van der Waals surface area contributed by atoms with Crippen LogP contribution in [0, 0.1) is 0 Å². The normalized spacial score (nSPS) is 12.9. The van der Waals surface area contributed by atoms with Gasteiger partial charge in [-0.05, 0) is 50.1 Å². The number of carbonyl (C=O) groups excluding carboxylic acids is 2.